The van der Waals surface area contributed by atoms with Crippen molar-refractivity contribution in [3.63, 3.8) is 0 Å². The van der Waals surface area contributed by atoms with Crippen LogP contribution in [-0.2, 0) is 13.6 Å². The maximum atomic E-state index is 13.6. The Morgan fingerprint density at radius 2 is 1.97 bits per heavy atom. The Bertz CT molecular complexity index is 1210. The lowest BCUT2D eigenvalue weighted by atomic mass is 10.1. The van der Waals surface area contributed by atoms with E-state index in [-0.39, 0.29) is 5.91 Å². The molecule has 4 aromatic rings. The third-order valence-electron chi connectivity index (χ3n) is 5.74. The molecule has 1 aliphatic rings. The monoisotopic (exact) mass is 432 g/mol. The first kappa shape index (κ1) is 19.8. The van der Waals surface area contributed by atoms with Crippen LogP contribution in [0, 0.1) is 6.92 Å². The first-order valence-electron chi connectivity index (χ1n) is 10.4. The Morgan fingerprint density at radius 1 is 1.13 bits per heavy atom. The van der Waals surface area contributed by atoms with Gasteiger partial charge in [0.1, 0.15) is 0 Å². The Morgan fingerprint density at radius 3 is 2.68 bits per heavy atom. The first-order chi connectivity index (χ1) is 15.1. The standard InChI is InChI=1S/C23H24N6OS/c1-16-21-18(14-19(20-7-5-13-31-20)25-22(21)27(2)26-16)23(30)29-11-9-28(10-12-29)15-17-6-3-4-8-24-17/h3-8,13-14H,9-12,15H2,1-2H3. The molecule has 0 spiro atoms. The topological polar surface area (TPSA) is 67.2 Å². The molecule has 1 amide bonds. The zero-order chi connectivity index (χ0) is 21.4. The normalized spacial score (nSPS) is 15.0. The highest BCUT2D eigenvalue weighted by molar-refractivity contribution is 7.13. The molecule has 5 heterocycles. The highest BCUT2D eigenvalue weighted by atomic mass is 32.1. The predicted molar refractivity (Wildman–Crippen MR) is 122 cm³/mol. The van der Waals surface area contributed by atoms with Crippen molar-refractivity contribution in [2.75, 3.05) is 26.2 Å². The number of piperazine rings is 1. The number of pyridine rings is 2. The predicted octanol–water partition coefficient (Wildman–Crippen LogP) is 3.36. The average molecular weight is 433 g/mol. The van der Waals surface area contributed by atoms with Crippen LogP contribution in [0.2, 0.25) is 0 Å². The Hall–Kier alpha value is -3.10. The molecule has 0 atom stereocenters. The van der Waals surface area contributed by atoms with Gasteiger partial charge < -0.3 is 4.90 Å². The summed E-state index contributed by atoms with van der Waals surface area (Å²) in [5.74, 6) is 0.0544. The van der Waals surface area contributed by atoms with Crippen LogP contribution in [0.25, 0.3) is 21.6 Å². The van der Waals surface area contributed by atoms with E-state index >= 15 is 0 Å². The first-order valence-corrected chi connectivity index (χ1v) is 11.3. The Kier molecular flexibility index (Phi) is 5.25. The molecule has 0 aromatic carbocycles. The third-order valence-corrected chi connectivity index (χ3v) is 6.64. The number of fused-ring (bicyclic) bond motifs is 1. The fourth-order valence-electron chi connectivity index (χ4n) is 4.16. The largest absolute Gasteiger partial charge is 0.336 e. The van der Waals surface area contributed by atoms with E-state index in [4.69, 9.17) is 4.98 Å². The molecular weight excluding hydrogens is 408 g/mol. The summed E-state index contributed by atoms with van der Waals surface area (Å²) < 4.78 is 1.77. The molecule has 158 valence electrons. The van der Waals surface area contributed by atoms with Gasteiger partial charge in [0.05, 0.1) is 32.9 Å². The van der Waals surface area contributed by atoms with E-state index in [0.29, 0.717) is 18.7 Å². The number of rotatable bonds is 4. The lowest BCUT2D eigenvalue weighted by Gasteiger charge is -2.34. The van der Waals surface area contributed by atoms with Crippen molar-refractivity contribution < 1.29 is 4.79 Å². The molecule has 0 radical (unpaired) electrons. The molecule has 0 saturated carbocycles. The summed E-state index contributed by atoms with van der Waals surface area (Å²) in [6.07, 6.45) is 1.82. The number of aryl methyl sites for hydroxylation is 2. The van der Waals surface area contributed by atoms with E-state index in [1.54, 1.807) is 16.0 Å². The minimum absolute atomic E-state index is 0.0544. The molecule has 7 nitrogen and oxygen atoms in total. The number of thiophene rings is 1. The van der Waals surface area contributed by atoms with Gasteiger partial charge in [-0.1, -0.05) is 12.1 Å². The van der Waals surface area contributed by atoms with Gasteiger partial charge in [0, 0.05) is 46.0 Å². The van der Waals surface area contributed by atoms with Crippen LogP contribution in [0.5, 0.6) is 0 Å². The van der Waals surface area contributed by atoms with Gasteiger partial charge in [0.15, 0.2) is 5.65 Å². The summed E-state index contributed by atoms with van der Waals surface area (Å²) in [5, 5.41) is 7.41. The van der Waals surface area contributed by atoms with Gasteiger partial charge in [-0.05, 0) is 36.6 Å². The lowest BCUT2D eigenvalue weighted by Crippen LogP contribution is -2.48. The summed E-state index contributed by atoms with van der Waals surface area (Å²) in [4.78, 5) is 28.2. The molecule has 0 aliphatic carbocycles. The highest BCUT2D eigenvalue weighted by Crippen LogP contribution is 2.30. The van der Waals surface area contributed by atoms with Crippen LogP contribution in [0.1, 0.15) is 21.7 Å². The van der Waals surface area contributed by atoms with E-state index in [0.717, 1.165) is 52.6 Å². The molecular formula is C23H24N6OS. The maximum Gasteiger partial charge on any atom is 0.254 e. The Balaban J connectivity index is 1.41. The summed E-state index contributed by atoms with van der Waals surface area (Å²) in [5.41, 5.74) is 4.16. The van der Waals surface area contributed by atoms with Crippen molar-refractivity contribution in [3.05, 3.63) is 64.9 Å². The van der Waals surface area contributed by atoms with Crippen molar-refractivity contribution in [1.29, 1.82) is 0 Å². The van der Waals surface area contributed by atoms with Gasteiger partial charge in [0.25, 0.3) is 5.91 Å². The van der Waals surface area contributed by atoms with Crippen LogP contribution >= 0.6 is 11.3 Å². The molecule has 1 saturated heterocycles. The molecule has 4 aromatic heterocycles. The molecule has 0 bridgehead atoms. The van der Waals surface area contributed by atoms with E-state index in [2.05, 4.69) is 15.0 Å². The minimum Gasteiger partial charge on any atom is -0.336 e. The fourth-order valence-corrected chi connectivity index (χ4v) is 4.85. The molecule has 5 rings (SSSR count). The molecule has 1 aliphatic heterocycles. The van der Waals surface area contributed by atoms with Gasteiger partial charge in [-0.3, -0.25) is 19.4 Å². The number of nitrogens with zero attached hydrogens (tertiary/aromatic N) is 6. The average Bonchev–Trinajstić information content (AvgIpc) is 3.43. The second kappa shape index (κ2) is 8.20. The van der Waals surface area contributed by atoms with Gasteiger partial charge >= 0.3 is 0 Å². The molecule has 1 fully saturated rings. The fraction of sp³-hybridized carbons (Fsp3) is 0.304. The Labute approximate surface area is 185 Å². The number of aromatic nitrogens is 4. The van der Waals surface area contributed by atoms with Crippen LogP contribution < -0.4 is 0 Å². The van der Waals surface area contributed by atoms with Gasteiger partial charge in [-0.2, -0.15) is 5.10 Å². The van der Waals surface area contributed by atoms with Gasteiger partial charge in [-0.25, -0.2) is 4.98 Å². The van der Waals surface area contributed by atoms with Crippen LogP contribution in [0.15, 0.2) is 48.0 Å². The zero-order valence-electron chi connectivity index (χ0n) is 17.7. The highest BCUT2D eigenvalue weighted by Gasteiger charge is 2.26. The minimum atomic E-state index is 0.0544. The number of amides is 1. The van der Waals surface area contributed by atoms with Crippen LogP contribution in [0.3, 0.4) is 0 Å². The number of carbonyl (C=O) groups is 1. The SMILES string of the molecule is Cc1nn(C)c2nc(-c3cccs3)cc(C(=O)N3CCN(Cc4ccccn4)CC3)c12. The number of carbonyl (C=O) groups excluding carboxylic acids is 1. The number of hydrogen-bond acceptors (Lipinski definition) is 6. The second-order valence-corrected chi connectivity index (χ2v) is 8.78. The zero-order valence-corrected chi connectivity index (χ0v) is 18.5. The second-order valence-electron chi connectivity index (χ2n) is 7.83. The van der Waals surface area contributed by atoms with E-state index in [1.165, 1.54) is 0 Å². The third kappa shape index (κ3) is 3.84. The van der Waals surface area contributed by atoms with Crippen molar-refractivity contribution >= 4 is 28.3 Å². The molecule has 31 heavy (non-hydrogen) atoms. The summed E-state index contributed by atoms with van der Waals surface area (Å²) in [7, 11) is 1.88. The maximum absolute atomic E-state index is 13.6. The van der Waals surface area contributed by atoms with Crippen molar-refractivity contribution in [2.45, 2.75) is 13.5 Å². The van der Waals surface area contributed by atoms with E-state index < -0.39 is 0 Å². The summed E-state index contributed by atoms with van der Waals surface area (Å²) in [6.45, 7) is 5.82. The van der Waals surface area contributed by atoms with Crippen molar-refractivity contribution in [1.82, 2.24) is 29.5 Å². The quantitative estimate of drug-likeness (QED) is 0.495. The summed E-state index contributed by atoms with van der Waals surface area (Å²) >= 11 is 1.62. The van der Waals surface area contributed by atoms with Crippen molar-refractivity contribution in [3.8, 4) is 10.6 Å². The molecule has 8 heteroatoms. The van der Waals surface area contributed by atoms with Crippen LogP contribution in [-0.4, -0.2) is 61.6 Å². The van der Waals surface area contributed by atoms with Gasteiger partial charge in [0.2, 0.25) is 0 Å². The molecule has 0 unspecified atom stereocenters. The van der Waals surface area contributed by atoms with Gasteiger partial charge in [-0.15, -0.1) is 11.3 Å². The van der Waals surface area contributed by atoms with Crippen LogP contribution in [0.4, 0.5) is 0 Å². The summed E-state index contributed by atoms with van der Waals surface area (Å²) in [6, 6.07) is 12.0. The number of hydrogen-bond donors (Lipinski definition) is 0. The van der Waals surface area contributed by atoms with E-state index in [9.17, 15) is 4.79 Å². The lowest BCUT2D eigenvalue weighted by molar-refractivity contribution is 0.0629. The smallest absolute Gasteiger partial charge is 0.254 e. The molecule has 0 N–H and O–H groups in total. The van der Waals surface area contributed by atoms with Crippen molar-refractivity contribution in [2.24, 2.45) is 7.05 Å². The van der Waals surface area contributed by atoms with E-state index in [1.807, 2.05) is 66.8 Å².